The summed E-state index contributed by atoms with van der Waals surface area (Å²) in [6.07, 6.45) is 5.32. The second-order valence-corrected chi connectivity index (χ2v) is 4.09. The molecule has 2 N–H and O–H groups in total. The van der Waals surface area contributed by atoms with Crippen molar-refractivity contribution in [1.29, 1.82) is 0 Å². The zero-order valence-corrected chi connectivity index (χ0v) is 7.13. The molecular formula is C9H18N2. The van der Waals surface area contributed by atoms with Gasteiger partial charge in [0, 0.05) is 12.6 Å². The molecule has 11 heavy (non-hydrogen) atoms. The van der Waals surface area contributed by atoms with Crippen molar-refractivity contribution in [3.05, 3.63) is 0 Å². The summed E-state index contributed by atoms with van der Waals surface area (Å²) >= 11 is 0. The molecule has 2 heteroatoms. The van der Waals surface area contributed by atoms with E-state index in [1.54, 1.807) is 0 Å². The van der Waals surface area contributed by atoms with E-state index in [-0.39, 0.29) is 0 Å². The molecule has 2 aliphatic rings. The Bertz CT molecular complexity index is 132. The number of likely N-dealkylation sites (tertiary alicyclic amines) is 1. The molecule has 0 radical (unpaired) electrons. The lowest BCUT2D eigenvalue weighted by atomic mass is 10.1. The highest BCUT2D eigenvalue weighted by Gasteiger charge is 2.25. The third-order valence-corrected chi connectivity index (χ3v) is 3.05. The molecule has 0 aromatic carbocycles. The van der Waals surface area contributed by atoms with E-state index in [4.69, 9.17) is 5.73 Å². The van der Waals surface area contributed by atoms with Crippen LogP contribution in [-0.2, 0) is 0 Å². The lowest BCUT2D eigenvalue weighted by Crippen LogP contribution is -2.40. The number of hydrogen-bond acceptors (Lipinski definition) is 2. The van der Waals surface area contributed by atoms with Gasteiger partial charge in [-0.05, 0) is 44.7 Å². The minimum absolute atomic E-state index is 0.515. The minimum Gasteiger partial charge on any atom is -0.328 e. The van der Waals surface area contributed by atoms with Crippen molar-refractivity contribution in [2.45, 2.75) is 31.7 Å². The SMILES string of the molecule is N[C@@H]1CC[C@H](CN2CCC2)C1. The van der Waals surface area contributed by atoms with Crippen molar-refractivity contribution < 1.29 is 0 Å². The molecule has 2 nitrogen and oxygen atoms in total. The monoisotopic (exact) mass is 154 g/mol. The van der Waals surface area contributed by atoms with Gasteiger partial charge in [-0.2, -0.15) is 0 Å². The normalized spacial score (nSPS) is 39.0. The molecule has 2 atom stereocenters. The molecule has 0 bridgehead atoms. The molecule has 1 saturated heterocycles. The van der Waals surface area contributed by atoms with Crippen LogP contribution < -0.4 is 5.73 Å². The molecule has 1 saturated carbocycles. The fourth-order valence-electron chi connectivity index (χ4n) is 2.21. The van der Waals surface area contributed by atoms with Crippen molar-refractivity contribution in [2.24, 2.45) is 11.7 Å². The highest BCUT2D eigenvalue weighted by molar-refractivity contribution is 4.81. The van der Waals surface area contributed by atoms with Crippen LogP contribution in [0.1, 0.15) is 25.7 Å². The van der Waals surface area contributed by atoms with E-state index in [1.165, 1.54) is 45.3 Å². The zero-order chi connectivity index (χ0) is 7.68. The molecule has 2 rings (SSSR count). The maximum atomic E-state index is 5.84. The van der Waals surface area contributed by atoms with E-state index < -0.39 is 0 Å². The van der Waals surface area contributed by atoms with Gasteiger partial charge in [0.25, 0.3) is 0 Å². The van der Waals surface area contributed by atoms with Crippen LogP contribution in [0.3, 0.4) is 0 Å². The van der Waals surface area contributed by atoms with Crippen LogP contribution in [0.5, 0.6) is 0 Å². The average molecular weight is 154 g/mol. The fraction of sp³-hybridized carbons (Fsp3) is 1.00. The second-order valence-electron chi connectivity index (χ2n) is 4.09. The van der Waals surface area contributed by atoms with Crippen LogP contribution in [0.25, 0.3) is 0 Å². The molecule has 64 valence electrons. The molecule has 1 heterocycles. The quantitative estimate of drug-likeness (QED) is 0.638. The van der Waals surface area contributed by atoms with Crippen molar-refractivity contribution in [1.82, 2.24) is 4.90 Å². The van der Waals surface area contributed by atoms with E-state index in [9.17, 15) is 0 Å². The first-order valence-electron chi connectivity index (χ1n) is 4.82. The van der Waals surface area contributed by atoms with Crippen LogP contribution >= 0.6 is 0 Å². The van der Waals surface area contributed by atoms with Crippen LogP contribution in [0, 0.1) is 5.92 Å². The van der Waals surface area contributed by atoms with Gasteiger partial charge in [-0.1, -0.05) is 0 Å². The number of nitrogens with two attached hydrogens (primary N) is 1. The first kappa shape index (κ1) is 7.56. The van der Waals surface area contributed by atoms with Gasteiger partial charge in [-0.25, -0.2) is 0 Å². The van der Waals surface area contributed by atoms with E-state index in [2.05, 4.69) is 4.90 Å². The van der Waals surface area contributed by atoms with Gasteiger partial charge >= 0.3 is 0 Å². The Morgan fingerprint density at radius 2 is 2.09 bits per heavy atom. The predicted molar refractivity (Wildman–Crippen MR) is 46.4 cm³/mol. The van der Waals surface area contributed by atoms with Crippen molar-refractivity contribution in [2.75, 3.05) is 19.6 Å². The van der Waals surface area contributed by atoms with Crippen LogP contribution in [-0.4, -0.2) is 30.6 Å². The molecule has 1 aliphatic heterocycles. The van der Waals surface area contributed by atoms with Crippen LogP contribution in [0.2, 0.25) is 0 Å². The Morgan fingerprint density at radius 3 is 2.55 bits per heavy atom. The van der Waals surface area contributed by atoms with Gasteiger partial charge in [0.15, 0.2) is 0 Å². The van der Waals surface area contributed by atoms with Gasteiger partial charge in [-0.15, -0.1) is 0 Å². The summed E-state index contributed by atoms with van der Waals surface area (Å²) in [5.41, 5.74) is 5.84. The lowest BCUT2D eigenvalue weighted by molar-refractivity contribution is 0.153. The van der Waals surface area contributed by atoms with Gasteiger partial charge < -0.3 is 10.6 Å². The summed E-state index contributed by atoms with van der Waals surface area (Å²) in [5, 5.41) is 0. The third kappa shape index (κ3) is 1.74. The smallest absolute Gasteiger partial charge is 0.00420 e. The van der Waals surface area contributed by atoms with E-state index >= 15 is 0 Å². The lowest BCUT2D eigenvalue weighted by Gasteiger charge is -2.32. The topological polar surface area (TPSA) is 29.3 Å². The van der Waals surface area contributed by atoms with Crippen molar-refractivity contribution >= 4 is 0 Å². The van der Waals surface area contributed by atoms with E-state index in [0.717, 1.165) is 5.92 Å². The number of nitrogens with zero attached hydrogens (tertiary/aromatic N) is 1. The first-order chi connectivity index (χ1) is 5.34. The number of hydrogen-bond donors (Lipinski definition) is 1. The first-order valence-corrected chi connectivity index (χ1v) is 4.82. The summed E-state index contributed by atoms with van der Waals surface area (Å²) in [4.78, 5) is 2.56. The summed E-state index contributed by atoms with van der Waals surface area (Å²) in [7, 11) is 0. The van der Waals surface area contributed by atoms with Crippen LogP contribution in [0.4, 0.5) is 0 Å². The molecule has 0 spiro atoms. The molecular weight excluding hydrogens is 136 g/mol. The Kier molecular flexibility index (Phi) is 2.14. The summed E-state index contributed by atoms with van der Waals surface area (Å²) < 4.78 is 0. The van der Waals surface area contributed by atoms with Gasteiger partial charge in [0.2, 0.25) is 0 Å². The summed E-state index contributed by atoms with van der Waals surface area (Å²) in [5.74, 6) is 0.922. The van der Waals surface area contributed by atoms with E-state index in [0.29, 0.717) is 6.04 Å². The highest BCUT2D eigenvalue weighted by Crippen LogP contribution is 2.26. The number of rotatable bonds is 2. The van der Waals surface area contributed by atoms with Crippen molar-refractivity contribution in [3.63, 3.8) is 0 Å². The Balaban J connectivity index is 1.70. The maximum Gasteiger partial charge on any atom is 0.00420 e. The standard InChI is InChI=1S/C9H18N2/c10-9-3-2-8(6-9)7-11-4-1-5-11/h8-9H,1-7,10H2/t8-,9+/m0/s1. The van der Waals surface area contributed by atoms with Gasteiger partial charge in [0.1, 0.15) is 0 Å². The third-order valence-electron chi connectivity index (χ3n) is 3.05. The Morgan fingerprint density at radius 1 is 1.27 bits per heavy atom. The maximum absolute atomic E-state index is 5.84. The molecule has 1 aliphatic carbocycles. The Labute approximate surface area is 68.7 Å². The predicted octanol–water partition coefficient (Wildman–Crippen LogP) is 0.819. The molecule has 0 unspecified atom stereocenters. The van der Waals surface area contributed by atoms with Crippen molar-refractivity contribution in [3.8, 4) is 0 Å². The largest absolute Gasteiger partial charge is 0.328 e. The molecule has 0 aromatic rings. The minimum atomic E-state index is 0.515. The highest BCUT2D eigenvalue weighted by atomic mass is 15.2. The molecule has 0 aromatic heterocycles. The zero-order valence-electron chi connectivity index (χ0n) is 7.13. The average Bonchev–Trinajstić information content (AvgIpc) is 2.27. The van der Waals surface area contributed by atoms with Gasteiger partial charge in [0.05, 0.1) is 0 Å². The van der Waals surface area contributed by atoms with Crippen LogP contribution in [0.15, 0.2) is 0 Å². The molecule has 0 amide bonds. The Hall–Kier alpha value is -0.0800. The second kappa shape index (κ2) is 3.11. The summed E-state index contributed by atoms with van der Waals surface area (Å²) in [6.45, 7) is 4.01. The van der Waals surface area contributed by atoms with Gasteiger partial charge in [-0.3, -0.25) is 0 Å². The van der Waals surface area contributed by atoms with E-state index in [1.807, 2.05) is 0 Å². The summed E-state index contributed by atoms with van der Waals surface area (Å²) in [6, 6.07) is 0.515. The fourth-order valence-corrected chi connectivity index (χ4v) is 2.21. The molecule has 2 fully saturated rings.